The van der Waals surface area contributed by atoms with E-state index in [-0.39, 0.29) is 52.7 Å². The van der Waals surface area contributed by atoms with Gasteiger partial charge in [0, 0.05) is 147 Å². The van der Waals surface area contributed by atoms with E-state index in [9.17, 15) is 63.4 Å². The number of hydrogen-bond donors (Lipinski definition) is 6. The molecule has 11 heterocycles. The van der Waals surface area contributed by atoms with Crippen LogP contribution in [0.4, 0.5) is 34.1 Å². The van der Waals surface area contributed by atoms with Crippen LogP contribution < -0.4 is 42.9 Å². The lowest BCUT2D eigenvalue weighted by Crippen LogP contribution is -2.47. The Bertz CT molecular complexity index is 5890. The number of H-pyrrole nitrogens is 1. The Labute approximate surface area is 794 Å². The smallest absolute Gasteiger partial charge is 0.419 e. The number of nitrogens with zero attached hydrogens (tertiary/aromatic N) is 8. The number of allylic oxidation sites excluding steroid dienone is 2. The van der Waals surface area contributed by atoms with Crippen LogP contribution >= 0.6 is 23.2 Å². The number of aromatic nitrogens is 1. The molecule has 31 heteroatoms. The van der Waals surface area contributed by atoms with E-state index in [4.69, 9.17) is 38.8 Å². The molecule has 0 saturated carbocycles. The Morgan fingerprint density at radius 1 is 0.496 bits per heavy atom. The van der Waals surface area contributed by atoms with Gasteiger partial charge in [-0.3, -0.25) is 73.5 Å². The minimum Gasteiger partial charge on any atom is -0.480 e. The second kappa shape index (κ2) is 49.8. The molecule has 29 nitrogen and oxygen atoms in total. The van der Waals surface area contributed by atoms with Crippen molar-refractivity contribution in [3.63, 3.8) is 0 Å². The number of amides is 4. The maximum Gasteiger partial charge on any atom is 0.419 e. The summed E-state index contributed by atoms with van der Waals surface area (Å²) in [6.45, 7) is 12.7. The number of halogens is 2. The third-order valence-electron chi connectivity index (χ3n) is 25.6. The van der Waals surface area contributed by atoms with Gasteiger partial charge in [0.1, 0.15) is 12.1 Å². The maximum absolute atomic E-state index is 13.2. The first kappa shape index (κ1) is 99.5. The first-order valence-corrected chi connectivity index (χ1v) is 47.2. The predicted octanol–water partition coefficient (Wildman–Crippen LogP) is 17.4. The summed E-state index contributed by atoms with van der Waals surface area (Å²) in [7, 11) is 0. The third kappa shape index (κ3) is 27.7. The molecule has 6 unspecified atom stereocenters. The average Bonchev–Trinajstić information content (AvgIpc) is 1.73. The largest absolute Gasteiger partial charge is 0.480 e. The first-order chi connectivity index (χ1) is 65.5. The molecule has 0 spiro atoms. The van der Waals surface area contributed by atoms with Gasteiger partial charge in [-0.05, 0) is 258 Å². The minimum atomic E-state index is -0.723. The number of anilines is 4. The van der Waals surface area contributed by atoms with Crippen molar-refractivity contribution in [2.24, 2.45) is 0 Å². The average molecular weight is 1870 g/mol. The summed E-state index contributed by atoms with van der Waals surface area (Å²) >= 11 is 10.6. The molecule has 21 rings (SSSR count). The molecule has 10 aromatic rings. The zero-order chi connectivity index (χ0) is 95.1. The molecule has 706 valence electrons. The molecule has 10 aliphatic heterocycles. The lowest BCUT2D eigenvalue weighted by molar-refractivity contribution is -0.385. The molecule has 1 aromatic heterocycles. The number of carboxylic acid groups (broad SMARTS) is 1. The summed E-state index contributed by atoms with van der Waals surface area (Å²) in [5.41, 5.74) is 17.4. The number of aliphatic carboxylic acids is 1. The number of nitrogen functional groups attached to an aromatic ring is 1. The van der Waals surface area contributed by atoms with E-state index in [2.05, 4.69) is 82.5 Å². The van der Waals surface area contributed by atoms with Gasteiger partial charge in [-0.1, -0.05) is 153 Å². The number of nitro groups is 2. The quantitative estimate of drug-likeness (QED) is 0.0356. The van der Waals surface area contributed by atoms with E-state index >= 15 is 0 Å². The molecule has 0 bridgehead atoms. The molecule has 135 heavy (non-hydrogen) atoms. The molecule has 0 radical (unpaired) electrons. The summed E-state index contributed by atoms with van der Waals surface area (Å²) in [4.78, 5) is 140. The molecule has 6 atom stereocenters. The van der Waals surface area contributed by atoms with Crippen LogP contribution in [0.5, 0.6) is 0 Å². The van der Waals surface area contributed by atoms with E-state index in [1.165, 1.54) is 132 Å². The molecular weight excluding hydrogens is 1760 g/mol. The summed E-state index contributed by atoms with van der Waals surface area (Å²) in [5.74, 6) is -1.55. The molecule has 7 fully saturated rings. The number of benzene rings is 9. The van der Waals surface area contributed by atoms with Crippen LogP contribution in [-0.2, 0) is 27.4 Å². The number of non-ortho nitro benzene ring substituents is 2. The predicted molar refractivity (Wildman–Crippen MR) is 525 cm³/mol. The summed E-state index contributed by atoms with van der Waals surface area (Å²) in [6.07, 6.45) is 27.6. The number of nitrogens with two attached hydrogens (primary N) is 1. The first-order valence-electron chi connectivity index (χ1n) is 46.4. The van der Waals surface area contributed by atoms with Crippen molar-refractivity contribution in [1.82, 2.24) is 35.2 Å². The van der Waals surface area contributed by atoms with Crippen molar-refractivity contribution in [2.45, 2.75) is 165 Å². The van der Waals surface area contributed by atoms with E-state index in [1.807, 2.05) is 107 Å². The minimum absolute atomic E-state index is 0.00345. The van der Waals surface area contributed by atoms with Crippen LogP contribution in [-0.4, -0.2) is 188 Å². The number of fused-ring (bicyclic) bond motifs is 9. The fourth-order valence-corrected chi connectivity index (χ4v) is 18.7. The maximum atomic E-state index is 13.2. The molecule has 7 N–H and O–H groups in total. The van der Waals surface area contributed by atoms with Gasteiger partial charge in [0.05, 0.1) is 32.0 Å². The number of para-hydroxylation sites is 4. The van der Waals surface area contributed by atoms with Crippen LogP contribution in [0.15, 0.2) is 262 Å². The number of nitrogens with one attached hydrogen (secondary N) is 4. The molecule has 4 amide bonds. The monoisotopic (exact) mass is 1870 g/mol. The van der Waals surface area contributed by atoms with E-state index < -0.39 is 37.7 Å². The van der Waals surface area contributed by atoms with Crippen molar-refractivity contribution >= 4 is 108 Å². The second-order valence-electron chi connectivity index (χ2n) is 34.6. The van der Waals surface area contributed by atoms with Crippen LogP contribution in [0.3, 0.4) is 0 Å². The van der Waals surface area contributed by atoms with Gasteiger partial charge in [0.2, 0.25) is 5.91 Å². The second-order valence-corrected chi connectivity index (χ2v) is 35.2. The van der Waals surface area contributed by atoms with E-state index in [0.717, 1.165) is 132 Å². The molecule has 11 aliphatic rings. The van der Waals surface area contributed by atoms with Crippen molar-refractivity contribution in [3.05, 3.63) is 328 Å². The van der Waals surface area contributed by atoms with Crippen molar-refractivity contribution in [2.75, 3.05) is 93.0 Å². The number of piperidine rings is 5. The number of aromatic amines is 1. The fourth-order valence-electron chi connectivity index (χ4n) is 18.4. The summed E-state index contributed by atoms with van der Waals surface area (Å²) in [6, 6.07) is 67.2. The SMILES string of the molecule is C1=CCC2NCC3CCCCN3CC2=C1.C1CCOC1.Nc1ccc(C(=O)N2CC3CCCCN3Cc3ccccc32)cc1.O=C(Cl)c1ccc([N+](=O)[O-])cc1.O=C(Cl)c1ccccc1-c1ccccc1.O=C(O)C1CCCCN1.O=C(c1ccc([N+](=O)[O-])cc1)N1CC2CCCCN2Cc2ccccc21.O=C1Nc2ccccc2C(=O)N2CCCCC12.O=c1[nH]c2ccccc2c(=O)o1. The molecule has 1 aliphatic carbocycles. The van der Waals surface area contributed by atoms with Gasteiger partial charge < -0.3 is 50.6 Å². The van der Waals surface area contributed by atoms with Gasteiger partial charge in [0.25, 0.3) is 39.6 Å². The topological polar surface area (TPSA) is 380 Å². The van der Waals surface area contributed by atoms with Gasteiger partial charge in [0.15, 0.2) is 0 Å². The Balaban J connectivity index is 0.000000132. The Morgan fingerprint density at radius 2 is 1.01 bits per heavy atom. The van der Waals surface area contributed by atoms with Crippen molar-refractivity contribution < 1.29 is 57.7 Å². The number of hydrogen-bond acceptors (Lipinski definition) is 21. The number of ether oxygens (including phenoxy) is 1. The van der Waals surface area contributed by atoms with Gasteiger partial charge in [-0.15, -0.1) is 0 Å². The van der Waals surface area contributed by atoms with E-state index in [0.29, 0.717) is 75.7 Å². The number of carbonyl (C=O) groups excluding carboxylic acids is 6. The highest BCUT2D eigenvalue weighted by Crippen LogP contribution is 2.36. The molecule has 9 aromatic carbocycles. The Morgan fingerprint density at radius 3 is 1.56 bits per heavy atom. The Hall–Kier alpha value is -13.0. The normalized spacial score (nSPS) is 20.2. The van der Waals surface area contributed by atoms with Crippen LogP contribution in [0.25, 0.3) is 22.0 Å². The van der Waals surface area contributed by atoms with E-state index in [1.54, 1.807) is 77.2 Å². The number of carboxylic acids is 1. The molecular formula is C104H115Cl2N13O16. The Kier molecular flexibility index (Phi) is 36.7. The number of nitro benzene ring substituents is 2. The zero-order valence-corrected chi connectivity index (χ0v) is 77.0. The summed E-state index contributed by atoms with van der Waals surface area (Å²) in [5, 5.41) is 38.3. The third-order valence-corrected chi connectivity index (χ3v) is 26.0. The van der Waals surface area contributed by atoms with Gasteiger partial charge >= 0.3 is 17.4 Å². The van der Waals surface area contributed by atoms with Crippen LogP contribution in [0, 0.1) is 20.2 Å². The fraction of sp³-hybridized carbons (Fsp3) is 0.356. The standard InChI is InChI=1S/C20H21N3O3.C20H23N3O.C13H9ClO.C13H14N2O2.C13H20N2.C8H5NO3.C7H4ClNO3.C6H11NO2.C4H8O/c24-20(15-8-10-17(11-9-15)23(25)26)22-14-18-6-3-4-12-21(18)13-16-5-1-2-7-19(16)22;21-17-10-8-15(9-11-17)20(24)23-14-18-6-3-4-12-22(18)13-16-5-1-2-7-19(16)23;14-13(15)12-9-5-4-8-11(12)10-6-2-1-3-7-10;16-12-11-7-3-4-8-15(11)13(17)9-5-1-2-6-10(9)14-12;1-2-7-13-11(5-1)10-15-8-4-3-6-12(15)9-14-13;10-7-5-3-1-2-4-6(5)9-8(11)12-7;8-7(10)5-1-3-6(4-2-5)9(11)12;8-6(9)5-3-1-2-4-7-5;1-2-4-5-3-1/h1-2,5,7-11,18H,3-4,6,12-14H2;1-2,5,7-11,18H,3-4,6,12-14,21H2;1-9H;1-2,5-6,11H,3-4,7-8H2,(H,14,16);1-2,5,12-14H,3-4,6-10H2;1-4H,(H,9,11);1-4H;5,7H,1-4H2,(H,8,9);1-4H2. The summed E-state index contributed by atoms with van der Waals surface area (Å²) < 4.78 is 9.27. The van der Waals surface area contributed by atoms with Crippen molar-refractivity contribution in [3.8, 4) is 11.1 Å². The number of carbonyl (C=O) groups is 7. The van der Waals surface area contributed by atoms with Gasteiger partial charge in [-0.25, -0.2) is 9.59 Å². The lowest BCUT2D eigenvalue weighted by atomic mass is 9.98. The van der Waals surface area contributed by atoms with Crippen LogP contribution in [0.1, 0.15) is 178 Å². The van der Waals surface area contributed by atoms with Crippen LogP contribution in [0.2, 0.25) is 0 Å². The highest BCUT2D eigenvalue weighted by molar-refractivity contribution is 6.68. The lowest BCUT2D eigenvalue weighted by Gasteiger charge is -2.35. The molecule has 7 saturated heterocycles. The highest BCUT2D eigenvalue weighted by atomic mass is 35.5. The van der Waals surface area contributed by atoms with Gasteiger partial charge in [-0.2, -0.15) is 0 Å². The highest BCUT2D eigenvalue weighted by Gasteiger charge is 2.39. The van der Waals surface area contributed by atoms with Crippen molar-refractivity contribution in [1.29, 1.82) is 0 Å². The number of rotatable bonds is 8. The zero-order valence-electron chi connectivity index (χ0n) is 75.5.